The maximum Gasteiger partial charge on any atom is 0.282 e. The molecule has 0 unspecified atom stereocenters. The number of hydrogen-bond donors (Lipinski definition) is 0. The van der Waals surface area contributed by atoms with Crippen molar-refractivity contribution in [2.24, 2.45) is 0 Å². The van der Waals surface area contributed by atoms with E-state index in [2.05, 4.69) is 34.1 Å². The zero-order valence-electron chi connectivity index (χ0n) is 19.7. The van der Waals surface area contributed by atoms with Gasteiger partial charge in [0.05, 0.1) is 11.3 Å². The lowest BCUT2D eigenvalue weighted by Gasteiger charge is -2.36. The van der Waals surface area contributed by atoms with Crippen LogP contribution in [0.5, 0.6) is 0 Å². The number of carbonyl (C=O) groups is 2. The Morgan fingerprint density at radius 3 is 2.09 bits per heavy atom. The first-order valence-electron chi connectivity index (χ1n) is 11.8. The normalized spacial score (nSPS) is 17.1. The molecule has 3 aromatic rings. The number of anilines is 1. The van der Waals surface area contributed by atoms with Crippen LogP contribution in [-0.4, -0.2) is 47.8 Å². The van der Waals surface area contributed by atoms with Crippen molar-refractivity contribution in [2.75, 3.05) is 31.1 Å². The van der Waals surface area contributed by atoms with Gasteiger partial charge in [0.25, 0.3) is 11.8 Å². The van der Waals surface area contributed by atoms with Gasteiger partial charge in [0, 0.05) is 32.7 Å². The van der Waals surface area contributed by atoms with E-state index in [4.69, 9.17) is 0 Å². The van der Waals surface area contributed by atoms with Crippen molar-refractivity contribution >= 4 is 23.1 Å². The van der Waals surface area contributed by atoms with Crippen LogP contribution >= 0.6 is 0 Å². The van der Waals surface area contributed by atoms with Crippen molar-refractivity contribution < 1.29 is 9.59 Å². The number of piperazine rings is 1. The summed E-state index contributed by atoms with van der Waals surface area (Å²) in [5.41, 5.74) is 5.86. The van der Waals surface area contributed by atoms with Gasteiger partial charge in [-0.25, -0.2) is 4.90 Å². The molecule has 5 rings (SSSR count). The van der Waals surface area contributed by atoms with Gasteiger partial charge >= 0.3 is 0 Å². The van der Waals surface area contributed by atoms with E-state index in [1.165, 1.54) is 10.5 Å². The predicted octanol–water partition coefficient (Wildman–Crippen LogP) is 4.41. The lowest BCUT2D eigenvalue weighted by atomic mass is 10.0. The molecule has 3 aromatic carbocycles. The van der Waals surface area contributed by atoms with Crippen molar-refractivity contribution in [1.29, 1.82) is 0 Å². The average Bonchev–Trinajstić information content (AvgIpc) is 3.10. The molecular weight excluding hydrogens is 422 g/mol. The topological polar surface area (TPSA) is 43.9 Å². The zero-order valence-corrected chi connectivity index (χ0v) is 19.7. The van der Waals surface area contributed by atoms with E-state index in [1.807, 2.05) is 68.4 Å². The molecule has 2 heterocycles. The highest BCUT2D eigenvalue weighted by Crippen LogP contribution is 2.35. The lowest BCUT2D eigenvalue weighted by Crippen LogP contribution is -2.47. The van der Waals surface area contributed by atoms with Crippen molar-refractivity contribution in [1.82, 2.24) is 9.80 Å². The second kappa shape index (κ2) is 9.27. The highest BCUT2D eigenvalue weighted by Gasteiger charge is 2.43. The molecule has 0 saturated carbocycles. The summed E-state index contributed by atoms with van der Waals surface area (Å²) in [5, 5.41) is 0. The van der Waals surface area contributed by atoms with E-state index in [9.17, 15) is 9.59 Å². The number of nitrogens with zero attached hydrogens (tertiary/aromatic N) is 3. The van der Waals surface area contributed by atoms with E-state index in [-0.39, 0.29) is 11.8 Å². The van der Waals surface area contributed by atoms with Gasteiger partial charge in [-0.05, 0) is 42.7 Å². The molecule has 34 heavy (non-hydrogen) atoms. The zero-order chi connectivity index (χ0) is 23.7. The Morgan fingerprint density at radius 1 is 0.706 bits per heavy atom. The average molecular weight is 452 g/mol. The largest absolute Gasteiger partial charge is 0.364 e. The first kappa shape index (κ1) is 22.1. The van der Waals surface area contributed by atoms with Gasteiger partial charge in [-0.1, -0.05) is 72.3 Å². The third kappa shape index (κ3) is 4.27. The summed E-state index contributed by atoms with van der Waals surface area (Å²) in [6.07, 6.45) is 0. The Kier molecular flexibility index (Phi) is 6.03. The van der Waals surface area contributed by atoms with Crippen molar-refractivity contribution in [2.45, 2.75) is 20.4 Å². The van der Waals surface area contributed by atoms with Crippen LogP contribution in [0.4, 0.5) is 5.69 Å². The molecule has 0 radical (unpaired) electrons. The van der Waals surface area contributed by atoms with Crippen LogP contribution in [-0.2, 0) is 16.1 Å². The monoisotopic (exact) mass is 451 g/mol. The smallest absolute Gasteiger partial charge is 0.282 e. The minimum absolute atomic E-state index is 0.234. The maximum atomic E-state index is 13.7. The van der Waals surface area contributed by atoms with E-state index in [0.29, 0.717) is 30.0 Å². The van der Waals surface area contributed by atoms with Gasteiger partial charge in [-0.15, -0.1) is 0 Å². The standard InChI is InChI=1S/C29H29N3O2/c1-21-11-13-24(14-12-21)26-27(29(34)32(28(26)33)25-10-6-7-22(2)19-25)31-17-15-30(16-18-31)20-23-8-4-3-5-9-23/h3-14,19H,15-18,20H2,1-2H3. The fourth-order valence-electron chi connectivity index (χ4n) is 4.76. The molecule has 0 aliphatic carbocycles. The Balaban J connectivity index is 1.45. The van der Waals surface area contributed by atoms with Crippen LogP contribution in [0.2, 0.25) is 0 Å². The first-order chi connectivity index (χ1) is 16.5. The van der Waals surface area contributed by atoms with Crippen molar-refractivity contribution in [3.63, 3.8) is 0 Å². The molecule has 1 fully saturated rings. The molecule has 0 atom stereocenters. The third-order valence-corrected chi connectivity index (χ3v) is 6.60. The molecule has 5 nitrogen and oxygen atoms in total. The molecular formula is C29H29N3O2. The molecule has 172 valence electrons. The molecule has 1 saturated heterocycles. The second-order valence-corrected chi connectivity index (χ2v) is 9.12. The van der Waals surface area contributed by atoms with E-state index < -0.39 is 0 Å². The second-order valence-electron chi connectivity index (χ2n) is 9.12. The van der Waals surface area contributed by atoms with E-state index >= 15 is 0 Å². The Morgan fingerprint density at radius 2 is 1.41 bits per heavy atom. The summed E-state index contributed by atoms with van der Waals surface area (Å²) in [5.74, 6) is -0.483. The Labute approximate surface area is 200 Å². The third-order valence-electron chi connectivity index (χ3n) is 6.60. The molecule has 5 heteroatoms. The number of benzene rings is 3. The minimum atomic E-state index is -0.249. The summed E-state index contributed by atoms with van der Waals surface area (Å²) >= 11 is 0. The summed E-state index contributed by atoms with van der Waals surface area (Å²) in [6, 6.07) is 25.9. The molecule has 2 aliphatic rings. The predicted molar refractivity (Wildman–Crippen MR) is 135 cm³/mol. The molecule has 0 spiro atoms. The molecule has 0 aromatic heterocycles. The van der Waals surface area contributed by atoms with Gasteiger partial charge in [-0.3, -0.25) is 14.5 Å². The first-order valence-corrected chi connectivity index (χ1v) is 11.8. The van der Waals surface area contributed by atoms with E-state index in [0.717, 1.165) is 36.3 Å². The Bertz CT molecular complexity index is 1240. The van der Waals surface area contributed by atoms with Crippen LogP contribution in [0.25, 0.3) is 5.57 Å². The van der Waals surface area contributed by atoms with Crippen molar-refractivity contribution in [3.8, 4) is 0 Å². The Hall–Kier alpha value is -3.70. The number of amides is 2. The van der Waals surface area contributed by atoms with Crippen LogP contribution in [0.3, 0.4) is 0 Å². The van der Waals surface area contributed by atoms with Gasteiger partial charge < -0.3 is 4.90 Å². The summed E-state index contributed by atoms with van der Waals surface area (Å²) < 4.78 is 0. The van der Waals surface area contributed by atoms with Gasteiger partial charge in [0.15, 0.2) is 0 Å². The quantitative estimate of drug-likeness (QED) is 0.539. The SMILES string of the molecule is Cc1ccc(C2=C(N3CCN(Cc4ccccc4)CC3)C(=O)N(c3cccc(C)c3)C2=O)cc1. The van der Waals surface area contributed by atoms with E-state index in [1.54, 1.807) is 0 Å². The minimum Gasteiger partial charge on any atom is -0.364 e. The van der Waals surface area contributed by atoms with Gasteiger partial charge in [0.1, 0.15) is 5.70 Å². The van der Waals surface area contributed by atoms with Crippen LogP contribution < -0.4 is 4.90 Å². The summed E-state index contributed by atoms with van der Waals surface area (Å²) in [4.78, 5) is 33.3. The lowest BCUT2D eigenvalue weighted by molar-refractivity contribution is -0.120. The molecule has 0 N–H and O–H groups in total. The number of imide groups is 1. The highest BCUT2D eigenvalue weighted by atomic mass is 16.2. The van der Waals surface area contributed by atoms with Crippen LogP contribution in [0, 0.1) is 13.8 Å². The number of hydrogen-bond acceptors (Lipinski definition) is 4. The summed E-state index contributed by atoms with van der Waals surface area (Å²) in [6.45, 7) is 7.97. The molecule has 2 amide bonds. The molecule has 2 aliphatic heterocycles. The maximum absolute atomic E-state index is 13.7. The number of rotatable bonds is 5. The van der Waals surface area contributed by atoms with Crippen molar-refractivity contribution in [3.05, 3.63) is 107 Å². The summed E-state index contributed by atoms with van der Waals surface area (Å²) in [7, 11) is 0. The fourth-order valence-corrected chi connectivity index (χ4v) is 4.76. The molecule has 0 bridgehead atoms. The fraction of sp³-hybridized carbons (Fsp3) is 0.241. The van der Waals surface area contributed by atoms with Crippen LogP contribution in [0.1, 0.15) is 22.3 Å². The van der Waals surface area contributed by atoms with Gasteiger partial charge in [0.2, 0.25) is 0 Å². The van der Waals surface area contributed by atoms with Crippen LogP contribution in [0.15, 0.2) is 84.6 Å². The number of aryl methyl sites for hydroxylation is 2. The van der Waals surface area contributed by atoms with Gasteiger partial charge in [-0.2, -0.15) is 0 Å². The highest BCUT2D eigenvalue weighted by molar-refractivity contribution is 6.45. The number of carbonyl (C=O) groups excluding carboxylic acids is 2.